The molecule has 0 saturated carbocycles. The van der Waals surface area contributed by atoms with Gasteiger partial charge in [0.2, 0.25) is 11.8 Å². The Morgan fingerprint density at radius 2 is 1.97 bits per heavy atom. The minimum atomic E-state index is -0.203. The predicted octanol–water partition coefficient (Wildman–Crippen LogP) is 3.56. The van der Waals surface area contributed by atoms with Crippen LogP contribution in [0.2, 0.25) is 0 Å². The third-order valence-corrected chi connectivity index (χ3v) is 6.19. The number of nitrogens with zero attached hydrogens (tertiary/aromatic N) is 5. The number of hydrogen-bond donors (Lipinski definition) is 1. The highest BCUT2D eigenvalue weighted by Crippen LogP contribution is 2.25. The maximum atomic E-state index is 12.6. The second-order valence-corrected chi connectivity index (χ2v) is 8.81. The quantitative estimate of drug-likeness (QED) is 0.614. The standard InChI is InChI=1S/C27H28N6O2/c1-18-12-22(8-9-29-18)25-6-4-21(13-23(25)15-28)14-27(35)31-26-7-5-24(16-30-26)32-10-11-33(20(3)34)19(2)17-32/h4-9,12-13,16,19H,10-11,14,17H2,1-3H3,(H,30,31,35). The Labute approximate surface area is 205 Å². The van der Waals surface area contributed by atoms with Crippen LogP contribution < -0.4 is 10.2 Å². The molecule has 0 radical (unpaired) electrons. The minimum absolute atomic E-state index is 0.0947. The van der Waals surface area contributed by atoms with Crippen molar-refractivity contribution in [2.75, 3.05) is 29.9 Å². The van der Waals surface area contributed by atoms with E-state index in [9.17, 15) is 14.9 Å². The van der Waals surface area contributed by atoms with Gasteiger partial charge in [-0.25, -0.2) is 4.98 Å². The van der Waals surface area contributed by atoms with Crippen molar-refractivity contribution in [1.29, 1.82) is 5.26 Å². The van der Waals surface area contributed by atoms with Gasteiger partial charge in [-0.3, -0.25) is 14.6 Å². The molecule has 8 heteroatoms. The Morgan fingerprint density at radius 1 is 1.14 bits per heavy atom. The van der Waals surface area contributed by atoms with Crippen molar-refractivity contribution in [2.45, 2.75) is 33.2 Å². The number of benzene rings is 1. The number of amides is 2. The number of aromatic nitrogens is 2. The van der Waals surface area contributed by atoms with Gasteiger partial charge in [-0.15, -0.1) is 0 Å². The number of aryl methyl sites for hydroxylation is 1. The molecule has 1 aliphatic heterocycles. The molecule has 1 fully saturated rings. The van der Waals surface area contributed by atoms with Crippen LogP contribution >= 0.6 is 0 Å². The van der Waals surface area contributed by atoms with Gasteiger partial charge in [0.1, 0.15) is 5.82 Å². The lowest BCUT2D eigenvalue weighted by atomic mass is 9.97. The van der Waals surface area contributed by atoms with Crippen LogP contribution in [0, 0.1) is 18.3 Å². The molecular formula is C27H28N6O2. The highest BCUT2D eigenvalue weighted by Gasteiger charge is 2.25. The molecule has 3 heterocycles. The summed E-state index contributed by atoms with van der Waals surface area (Å²) in [5.41, 5.74) is 4.84. The molecule has 0 bridgehead atoms. The van der Waals surface area contributed by atoms with E-state index in [4.69, 9.17) is 0 Å². The molecule has 1 atom stereocenters. The van der Waals surface area contributed by atoms with Crippen molar-refractivity contribution in [3.8, 4) is 17.2 Å². The molecule has 35 heavy (non-hydrogen) atoms. The Kier molecular flexibility index (Phi) is 7.06. The first kappa shape index (κ1) is 23.9. The number of nitriles is 1. The van der Waals surface area contributed by atoms with Crippen molar-refractivity contribution >= 4 is 23.3 Å². The number of nitrogens with one attached hydrogen (secondary N) is 1. The van der Waals surface area contributed by atoms with E-state index in [-0.39, 0.29) is 24.3 Å². The number of piperazine rings is 1. The van der Waals surface area contributed by atoms with E-state index >= 15 is 0 Å². The molecule has 1 aromatic carbocycles. The molecule has 3 aromatic rings. The number of hydrogen-bond acceptors (Lipinski definition) is 6. The van der Waals surface area contributed by atoms with Crippen LogP contribution in [0.25, 0.3) is 11.1 Å². The Morgan fingerprint density at radius 3 is 2.63 bits per heavy atom. The van der Waals surface area contributed by atoms with E-state index in [0.29, 0.717) is 17.9 Å². The summed E-state index contributed by atoms with van der Waals surface area (Å²) < 4.78 is 0. The van der Waals surface area contributed by atoms with Crippen molar-refractivity contribution in [2.24, 2.45) is 0 Å². The Balaban J connectivity index is 1.38. The van der Waals surface area contributed by atoms with Crippen LogP contribution in [-0.2, 0) is 16.0 Å². The zero-order valence-electron chi connectivity index (χ0n) is 20.2. The van der Waals surface area contributed by atoms with Crippen molar-refractivity contribution in [1.82, 2.24) is 14.9 Å². The van der Waals surface area contributed by atoms with Crippen LogP contribution in [0.3, 0.4) is 0 Å². The summed E-state index contributed by atoms with van der Waals surface area (Å²) in [6.07, 6.45) is 3.60. The average Bonchev–Trinajstić information content (AvgIpc) is 2.84. The van der Waals surface area contributed by atoms with Gasteiger partial charge in [0, 0.05) is 44.5 Å². The molecule has 2 aromatic heterocycles. The zero-order valence-corrected chi connectivity index (χ0v) is 20.2. The molecule has 1 unspecified atom stereocenters. The molecule has 8 nitrogen and oxygen atoms in total. The summed E-state index contributed by atoms with van der Waals surface area (Å²) >= 11 is 0. The minimum Gasteiger partial charge on any atom is -0.366 e. The number of pyridine rings is 2. The monoisotopic (exact) mass is 468 g/mol. The maximum absolute atomic E-state index is 12.6. The third kappa shape index (κ3) is 5.64. The lowest BCUT2D eigenvalue weighted by Gasteiger charge is -2.40. The average molecular weight is 469 g/mol. The van der Waals surface area contributed by atoms with E-state index in [0.717, 1.165) is 41.2 Å². The first-order valence-corrected chi connectivity index (χ1v) is 11.6. The fourth-order valence-corrected chi connectivity index (χ4v) is 4.44. The topological polar surface area (TPSA) is 102 Å². The number of carbonyl (C=O) groups is 2. The van der Waals surface area contributed by atoms with Crippen molar-refractivity contribution < 1.29 is 9.59 Å². The van der Waals surface area contributed by atoms with Gasteiger partial charge in [0.25, 0.3) is 0 Å². The molecule has 1 aliphatic rings. The summed E-state index contributed by atoms with van der Waals surface area (Å²) in [7, 11) is 0. The SMILES string of the molecule is CC(=O)N1CCN(c2ccc(NC(=O)Cc3ccc(-c4ccnc(C)c4)c(C#N)c3)nc2)CC1C. The van der Waals surface area contributed by atoms with Gasteiger partial charge in [0.05, 0.1) is 29.9 Å². The van der Waals surface area contributed by atoms with Crippen molar-refractivity contribution in [3.63, 3.8) is 0 Å². The van der Waals surface area contributed by atoms with Gasteiger partial charge in [-0.05, 0) is 60.9 Å². The van der Waals surface area contributed by atoms with Crippen LogP contribution in [0.5, 0.6) is 0 Å². The smallest absolute Gasteiger partial charge is 0.229 e. The molecule has 0 aliphatic carbocycles. The van der Waals surface area contributed by atoms with Gasteiger partial charge >= 0.3 is 0 Å². The van der Waals surface area contributed by atoms with Gasteiger partial charge in [-0.1, -0.05) is 12.1 Å². The Hall–Kier alpha value is -4.25. The molecule has 178 valence electrons. The van der Waals surface area contributed by atoms with Crippen LogP contribution in [0.15, 0.2) is 54.9 Å². The first-order valence-electron chi connectivity index (χ1n) is 11.6. The number of carbonyl (C=O) groups excluding carboxylic acids is 2. The largest absolute Gasteiger partial charge is 0.366 e. The third-order valence-electron chi connectivity index (χ3n) is 6.19. The summed E-state index contributed by atoms with van der Waals surface area (Å²) in [4.78, 5) is 37.0. The van der Waals surface area contributed by atoms with Gasteiger partial charge in [-0.2, -0.15) is 5.26 Å². The number of rotatable bonds is 5. The molecular weight excluding hydrogens is 440 g/mol. The lowest BCUT2D eigenvalue weighted by Crippen LogP contribution is -2.53. The normalized spacial score (nSPS) is 15.4. The van der Waals surface area contributed by atoms with Crippen molar-refractivity contribution in [3.05, 3.63) is 71.7 Å². The predicted molar refractivity (Wildman–Crippen MR) is 135 cm³/mol. The number of anilines is 2. The highest BCUT2D eigenvalue weighted by atomic mass is 16.2. The second kappa shape index (κ2) is 10.3. The van der Waals surface area contributed by atoms with Crippen LogP contribution in [0.4, 0.5) is 11.5 Å². The van der Waals surface area contributed by atoms with Crippen LogP contribution in [0.1, 0.15) is 30.7 Å². The fraction of sp³-hybridized carbons (Fsp3) is 0.296. The van der Waals surface area contributed by atoms with E-state index < -0.39 is 0 Å². The summed E-state index contributed by atoms with van der Waals surface area (Å²) in [6, 6.07) is 15.4. The second-order valence-electron chi connectivity index (χ2n) is 8.81. The fourth-order valence-electron chi connectivity index (χ4n) is 4.44. The summed E-state index contributed by atoms with van der Waals surface area (Å²) in [5, 5.41) is 12.5. The summed E-state index contributed by atoms with van der Waals surface area (Å²) in [5.74, 6) is 0.362. The molecule has 2 amide bonds. The maximum Gasteiger partial charge on any atom is 0.229 e. The molecule has 1 N–H and O–H groups in total. The zero-order chi connectivity index (χ0) is 24.9. The van der Waals surface area contributed by atoms with Gasteiger partial charge in [0.15, 0.2) is 0 Å². The van der Waals surface area contributed by atoms with E-state index in [1.807, 2.05) is 49.1 Å². The molecule has 1 saturated heterocycles. The van der Waals surface area contributed by atoms with E-state index in [1.165, 1.54) is 0 Å². The lowest BCUT2D eigenvalue weighted by molar-refractivity contribution is -0.131. The van der Waals surface area contributed by atoms with E-state index in [2.05, 4.69) is 26.3 Å². The van der Waals surface area contributed by atoms with Crippen LogP contribution in [-0.4, -0.2) is 52.4 Å². The highest BCUT2D eigenvalue weighted by molar-refractivity contribution is 5.91. The molecule has 0 spiro atoms. The van der Waals surface area contributed by atoms with Gasteiger partial charge < -0.3 is 15.1 Å². The van der Waals surface area contributed by atoms with E-state index in [1.54, 1.807) is 31.5 Å². The summed E-state index contributed by atoms with van der Waals surface area (Å²) in [6.45, 7) is 7.71. The first-order chi connectivity index (χ1) is 16.8. The molecule has 4 rings (SSSR count). The Bertz CT molecular complexity index is 1280.